The van der Waals surface area contributed by atoms with Crippen LogP contribution in [0.1, 0.15) is 50.2 Å². The van der Waals surface area contributed by atoms with Crippen molar-refractivity contribution in [3.63, 3.8) is 0 Å². The molecular weight excluding hydrogens is 266 g/mol. The molecule has 1 unspecified atom stereocenters. The zero-order chi connectivity index (χ0) is 14.2. The molecule has 112 valence electrons. The van der Waals surface area contributed by atoms with Crippen molar-refractivity contribution in [2.45, 2.75) is 64.6 Å². The van der Waals surface area contributed by atoms with E-state index >= 15 is 0 Å². The molecule has 1 spiro atoms. The standard InChI is InChI=1S/C16H27N3S/c1-12(2)14-8-19(9-15-18-13(3)10-20-15)16(11-17-14)6-4-5-7-16/h10,12,14,17H,4-9,11H2,1-3H3. The van der Waals surface area contributed by atoms with Gasteiger partial charge in [-0.25, -0.2) is 4.98 Å². The van der Waals surface area contributed by atoms with E-state index in [1.807, 2.05) is 11.3 Å². The first kappa shape index (κ1) is 14.5. The van der Waals surface area contributed by atoms with E-state index in [0.717, 1.165) is 6.54 Å². The fourth-order valence-electron chi connectivity index (χ4n) is 3.77. The lowest BCUT2D eigenvalue weighted by molar-refractivity contribution is 0.0260. The van der Waals surface area contributed by atoms with Gasteiger partial charge < -0.3 is 5.32 Å². The van der Waals surface area contributed by atoms with E-state index in [4.69, 9.17) is 0 Å². The Kier molecular flexibility index (Phi) is 4.16. The number of aromatic nitrogens is 1. The lowest BCUT2D eigenvalue weighted by Gasteiger charge is -2.49. The molecule has 2 heterocycles. The van der Waals surface area contributed by atoms with Gasteiger partial charge in [-0.15, -0.1) is 11.3 Å². The molecule has 1 N–H and O–H groups in total. The van der Waals surface area contributed by atoms with Crippen LogP contribution in [-0.2, 0) is 6.54 Å². The van der Waals surface area contributed by atoms with E-state index in [0.29, 0.717) is 17.5 Å². The van der Waals surface area contributed by atoms with Gasteiger partial charge in [0.25, 0.3) is 0 Å². The zero-order valence-electron chi connectivity index (χ0n) is 13.0. The van der Waals surface area contributed by atoms with Crippen molar-refractivity contribution in [3.05, 3.63) is 16.1 Å². The maximum Gasteiger partial charge on any atom is 0.107 e. The number of nitrogens with zero attached hydrogens (tertiary/aromatic N) is 2. The molecule has 0 radical (unpaired) electrons. The van der Waals surface area contributed by atoms with Crippen molar-refractivity contribution < 1.29 is 0 Å². The molecule has 1 aliphatic carbocycles. The highest BCUT2D eigenvalue weighted by molar-refractivity contribution is 7.09. The van der Waals surface area contributed by atoms with E-state index in [2.05, 4.69) is 41.4 Å². The Hall–Kier alpha value is -0.450. The van der Waals surface area contributed by atoms with Crippen LogP contribution in [0.15, 0.2) is 5.38 Å². The van der Waals surface area contributed by atoms with E-state index < -0.39 is 0 Å². The third kappa shape index (κ3) is 2.78. The molecule has 3 nitrogen and oxygen atoms in total. The summed E-state index contributed by atoms with van der Waals surface area (Å²) in [5, 5.41) is 7.28. The van der Waals surface area contributed by atoms with Crippen LogP contribution in [0.2, 0.25) is 0 Å². The molecule has 1 aliphatic heterocycles. The largest absolute Gasteiger partial charge is 0.311 e. The summed E-state index contributed by atoms with van der Waals surface area (Å²) < 4.78 is 0. The maximum atomic E-state index is 4.69. The third-order valence-electron chi connectivity index (χ3n) is 5.11. The number of thiazole rings is 1. The Morgan fingerprint density at radius 1 is 1.45 bits per heavy atom. The van der Waals surface area contributed by atoms with E-state index in [1.165, 1.54) is 49.5 Å². The molecule has 0 amide bonds. The molecular formula is C16H27N3S. The normalized spacial score (nSPS) is 26.7. The number of piperazine rings is 1. The van der Waals surface area contributed by atoms with Crippen LogP contribution >= 0.6 is 11.3 Å². The monoisotopic (exact) mass is 293 g/mol. The Bertz CT molecular complexity index is 448. The molecule has 1 atom stereocenters. The van der Waals surface area contributed by atoms with Crippen LogP contribution < -0.4 is 5.32 Å². The van der Waals surface area contributed by atoms with Crippen molar-refractivity contribution in [2.75, 3.05) is 13.1 Å². The average molecular weight is 293 g/mol. The summed E-state index contributed by atoms with van der Waals surface area (Å²) in [7, 11) is 0. The van der Waals surface area contributed by atoms with E-state index in [-0.39, 0.29) is 0 Å². The highest BCUT2D eigenvalue weighted by atomic mass is 32.1. The molecule has 3 rings (SSSR count). The molecule has 0 aromatic carbocycles. The zero-order valence-corrected chi connectivity index (χ0v) is 13.8. The first-order valence-corrected chi connectivity index (χ1v) is 8.86. The van der Waals surface area contributed by atoms with Gasteiger partial charge in [0.15, 0.2) is 0 Å². The van der Waals surface area contributed by atoms with Crippen molar-refractivity contribution in [1.82, 2.24) is 15.2 Å². The number of hydrogen-bond donors (Lipinski definition) is 1. The van der Waals surface area contributed by atoms with Gasteiger partial charge in [-0.05, 0) is 25.7 Å². The SMILES string of the molecule is Cc1csc(CN2CC(C(C)C)NCC23CCCC3)n1. The first-order chi connectivity index (χ1) is 9.59. The highest BCUT2D eigenvalue weighted by Crippen LogP contribution is 2.38. The average Bonchev–Trinajstić information content (AvgIpc) is 3.02. The van der Waals surface area contributed by atoms with Gasteiger partial charge in [0.2, 0.25) is 0 Å². The van der Waals surface area contributed by atoms with Gasteiger partial charge in [0.05, 0.1) is 6.54 Å². The van der Waals surface area contributed by atoms with Gasteiger partial charge in [-0.3, -0.25) is 4.90 Å². The number of hydrogen-bond acceptors (Lipinski definition) is 4. The van der Waals surface area contributed by atoms with Gasteiger partial charge in [0, 0.05) is 35.7 Å². The molecule has 1 saturated heterocycles. The van der Waals surface area contributed by atoms with Crippen molar-refractivity contribution in [2.24, 2.45) is 5.92 Å². The Labute approximate surface area is 126 Å². The molecule has 2 fully saturated rings. The third-order valence-corrected chi connectivity index (χ3v) is 6.06. The van der Waals surface area contributed by atoms with E-state index in [9.17, 15) is 0 Å². The topological polar surface area (TPSA) is 28.2 Å². The van der Waals surface area contributed by atoms with Crippen LogP contribution in [0.4, 0.5) is 0 Å². The quantitative estimate of drug-likeness (QED) is 0.927. The summed E-state index contributed by atoms with van der Waals surface area (Å²) in [6, 6.07) is 0.627. The minimum absolute atomic E-state index is 0.408. The first-order valence-electron chi connectivity index (χ1n) is 7.98. The summed E-state index contributed by atoms with van der Waals surface area (Å²) >= 11 is 1.82. The van der Waals surface area contributed by atoms with Gasteiger partial charge >= 0.3 is 0 Å². The van der Waals surface area contributed by atoms with Crippen molar-refractivity contribution >= 4 is 11.3 Å². The molecule has 2 aliphatic rings. The molecule has 4 heteroatoms. The maximum absolute atomic E-state index is 4.69. The highest BCUT2D eigenvalue weighted by Gasteiger charge is 2.44. The van der Waals surface area contributed by atoms with Crippen molar-refractivity contribution in [1.29, 1.82) is 0 Å². The van der Waals surface area contributed by atoms with Crippen molar-refractivity contribution in [3.8, 4) is 0 Å². The minimum atomic E-state index is 0.408. The second-order valence-corrected chi connectivity index (χ2v) is 7.87. The van der Waals surface area contributed by atoms with Crippen LogP contribution in [0.25, 0.3) is 0 Å². The summed E-state index contributed by atoms with van der Waals surface area (Å²) in [5.41, 5.74) is 1.58. The number of rotatable bonds is 3. The lowest BCUT2D eigenvalue weighted by Crippen LogP contribution is -2.64. The second-order valence-electron chi connectivity index (χ2n) is 6.93. The van der Waals surface area contributed by atoms with Gasteiger partial charge in [-0.1, -0.05) is 26.7 Å². The van der Waals surface area contributed by atoms with E-state index in [1.54, 1.807) is 0 Å². The minimum Gasteiger partial charge on any atom is -0.311 e. The number of nitrogens with one attached hydrogen (secondary N) is 1. The predicted molar refractivity (Wildman–Crippen MR) is 85.1 cm³/mol. The molecule has 1 saturated carbocycles. The molecule has 1 aromatic rings. The molecule has 0 bridgehead atoms. The summed E-state index contributed by atoms with van der Waals surface area (Å²) in [6.07, 6.45) is 5.49. The van der Waals surface area contributed by atoms with Crippen LogP contribution in [0, 0.1) is 12.8 Å². The molecule has 1 aromatic heterocycles. The van der Waals surface area contributed by atoms with Crippen LogP contribution in [0.5, 0.6) is 0 Å². The second kappa shape index (κ2) is 5.74. The predicted octanol–water partition coefficient (Wildman–Crippen LogP) is 3.19. The summed E-state index contributed by atoms with van der Waals surface area (Å²) in [6.45, 7) is 10.1. The smallest absolute Gasteiger partial charge is 0.107 e. The molecule has 20 heavy (non-hydrogen) atoms. The van der Waals surface area contributed by atoms with Crippen LogP contribution in [0.3, 0.4) is 0 Å². The fraction of sp³-hybridized carbons (Fsp3) is 0.812. The summed E-state index contributed by atoms with van der Waals surface area (Å²) in [4.78, 5) is 7.44. The number of aryl methyl sites for hydroxylation is 1. The fourth-order valence-corrected chi connectivity index (χ4v) is 4.56. The lowest BCUT2D eigenvalue weighted by atomic mass is 9.88. The Balaban J connectivity index is 1.77. The van der Waals surface area contributed by atoms with Gasteiger partial charge in [-0.2, -0.15) is 0 Å². The van der Waals surface area contributed by atoms with Gasteiger partial charge in [0.1, 0.15) is 5.01 Å². The van der Waals surface area contributed by atoms with Crippen LogP contribution in [-0.4, -0.2) is 34.6 Å². The Morgan fingerprint density at radius 3 is 2.80 bits per heavy atom. The Morgan fingerprint density at radius 2 is 2.20 bits per heavy atom. The summed E-state index contributed by atoms with van der Waals surface area (Å²) in [5.74, 6) is 0.703.